The molecule has 26 heavy (non-hydrogen) atoms. The number of anilines is 1. The molecular formula is C19H27N3O4. The number of para-hydroxylation sites is 1. The van der Waals surface area contributed by atoms with Crippen LogP contribution in [0.4, 0.5) is 10.5 Å². The number of hydrogen-bond donors (Lipinski definition) is 3. The van der Waals surface area contributed by atoms with Crippen molar-refractivity contribution in [3.63, 3.8) is 0 Å². The van der Waals surface area contributed by atoms with Crippen LogP contribution in [-0.4, -0.2) is 47.5 Å². The number of likely N-dealkylation sites (tertiary alicyclic amines) is 1. The molecule has 2 unspecified atom stereocenters. The Labute approximate surface area is 153 Å². The fraction of sp³-hybridized carbons (Fsp3) is 0.526. The summed E-state index contributed by atoms with van der Waals surface area (Å²) in [6.07, 6.45) is 1.47. The lowest BCUT2D eigenvalue weighted by Gasteiger charge is -2.35. The van der Waals surface area contributed by atoms with E-state index in [0.717, 1.165) is 19.5 Å². The Kier molecular flexibility index (Phi) is 7.00. The predicted octanol–water partition coefficient (Wildman–Crippen LogP) is 2.79. The van der Waals surface area contributed by atoms with Gasteiger partial charge in [-0.05, 0) is 36.8 Å². The van der Waals surface area contributed by atoms with E-state index in [1.807, 2.05) is 4.90 Å². The van der Waals surface area contributed by atoms with Crippen molar-refractivity contribution >= 4 is 23.6 Å². The van der Waals surface area contributed by atoms with Crippen LogP contribution in [0.5, 0.6) is 0 Å². The topological polar surface area (TPSA) is 98.7 Å². The van der Waals surface area contributed by atoms with Gasteiger partial charge >= 0.3 is 12.0 Å². The smallest absolute Gasteiger partial charge is 0.319 e. The van der Waals surface area contributed by atoms with Crippen LogP contribution in [0, 0.1) is 11.8 Å². The Hall–Kier alpha value is -2.57. The summed E-state index contributed by atoms with van der Waals surface area (Å²) >= 11 is 0. The molecule has 3 amide bonds. The number of hydrogen-bond acceptors (Lipinski definition) is 3. The number of urea groups is 1. The second kappa shape index (κ2) is 9.22. The molecule has 0 aromatic heterocycles. The van der Waals surface area contributed by atoms with Crippen LogP contribution < -0.4 is 10.6 Å². The van der Waals surface area contributed by atoms with Gasteiger partial charge < -0.3 is 20.6 Å². The molecule has 2 atom stereocenters. The quantitative estimate of drug-likeness (QED) is 0.679. The molecule has 0 aliphatic carbocycles. The second-order valence-electron chi connectivity index (χ2n) is 7.08. The van der Waals surface area contributed by atoms with Crippen LogP contribution in [0.15, 0.2) is 24.3 Å². The molecule has 1 fully saturated rings. The highest BCUT2D eigenvalue weighted by Crippen LogP contribution is 2.24. The Morgan fingerprint density at radius 3 is 2.46 bits per heavy atom. The molecule has 7 heteroatoms. The minimum absolute atomic E-state index is 0.000676. The molecule has 3 N–H and O–H groups in total. The van der Waals surface area contributed by atoms with Gasteiger partial charge in [-0.2, -0.15) is 0 Å². The number of nitrogens with zero attached hydrogens (tertiary/aromatic N) is 1. The molecule has 1 aromatic rings. The number of amides is 3. The zero-order chi connectivity index (χ0) is 19.1. The lowest BCUT2D eigenvalue weighted by atomic mass is 9.91. The van der Waals surface area contributed by atoms with Crippen LogP contribution in [0.1, 0.15) is 43.5 Å². The third kappa shape index (κ3) is 5.75. The molecule has 7 nitrogen and oxygen atoms in total. The normalized spacial score (nSPS) is 19.7. The first-order chi connectivity index (χ1) is 12.4. The first kappa shape index (κ1) is 19.8. The molecule has 0 spiro atoms. The number of aliphatic carboxylic acids is 1. The number of carboxylic acids is 1. The predicted molar refractivity (Wildman–Crippen MR) is 99.2 cm³/mol. The van der Waals surface area contributed by atoms with Gasteiger partial charge in [-0.1, -0.05) is 26.0 Å². The van der Waals surface area contributed by atoms with E-state index in [1.165, 1.54) is 0 Å². The average Bonchev–Trinajstić information content (AvgIpc) is 2.57. The summed E-state index contributed by atoms with van der Waals surface area (Å²) in [6, 6.07) is 6.50. The Bertz CT molecular complexity index is 652. The minimum Gasteiger partial charge on any atom is -0.481 e. The minimum atomic E-state index is -0.895. The van der Waals surface area contributed by atoms with Gasteiger partial charge in [0.15, 0.2) is 0 Å². The van der Waals surface area contributed by atoms with Gasteiger partial charge in [-0.25, -0.2) is 4.79 Å². The van der Waals surface area contributed by atoms with E-state index in [4.69, 9.17) is 5.11 Å². The maximum absolute atomic E-state index is 12.9. The summed E-state index contributed by atoms with van der Waals surface area (Å²) in [5, 5.41) is 13.9. The summed E-state index contributed by atoms with van der Waals surface area (Å²) in [7, 11) is 0. The summed E-state index contributed by atoms with van der Waals surface area (Å²) in [5.74, 6) is -0.0565. The van der Waals surface area contributed by atoms with E-state index in [0.29, 0.717) is 29.5 Å². The van der Waals surface area contributed by atoms with Crippen LogP contribution in [0.3, 0.4) is 0 Å². The van der Waals surface area contributed by atoms with Crippen molar-refractivity contribution in [1.82, 2.24) is 10.2 Å². The van der Waals surface area contributed by atoms with E-state index < -0.39 is 12.0 Å². The van der Waals surface area contributed by atoms with Gasteiger partial charge in [0.25, 0.3) is 5.91 Å². The van der Waals surface area contributed by atoms with Gasteiger partial charge in [-0.3, -0.25) is 9.59 Å². The van der Waals surface area contributed by atoms with E-state index in [9.17, 15) is 14.4 Å². The van der Waals surface area contributed by atoms with Gasteiger partial charge in [0.1, 0.15) is 0 Å². The van der Waals surface area contributed by atoms with E-state index in [-0.39, 0.29) is 18.9 Å². The van der Waals surface area contributed by atoms with Crippen molar-refractivity contribution in [2.24, 2.45) is 11.8 Å². The molecule has 0 radical (unpaired) electrons. The van der Waals surface area contributed by atoms with Crippen molar-refractivity contribution in [2.75, 3.05) is 25.0 Å². The van der Waals surface area contributed by atoms with Gasteiger partial charge in [0.05, 0.1) is 11.3 Å². The molecule has 1 heterocycles. The maximum atomic E-state index is 12.9. The molecule has 1 saturated heterocycles. The highest BCUT2D eigenvalue weighted by atomic mass is 16.4. The number of benzene rings is 1. The summed E-state index contributed by atoms with van der Waals surface area (Å²) in [4.78, 5) is 37.3. The van der Waals surface area contributed by atoms with Crippen molar-refractivity contribution in [3.05, 3.63) is 29.8 Å². The van der Waals surface area contributed by atoms with Crippen LogP contribution >= 0.6 is 0 Å². The largest absolute Gasteiger partial charge is 0.481 e. The van der Waals surface area contributed by atoms with Gasteiger partial charge in [0, 0.05) is 26.1 Å². The highest BCUT2D eigenvalue weighted by molar-refractivity contribution is 6.03. The van der Waals surface area contributed by atoms with Crippen molar-refractivity contribution < 1.29 is 19.5 Å². The summed E-state index contributed by atoms with van der Waals surface area (Å²) in [5.41, 5.74) is 0.925. The lowest BCUT2D eigenvalue weighted by Crippen LogP contribution is -2.43. The number of carbonyl (C=O) groups is 3. The molecule has 1 aromatic carbocycles. The summed E-state index contributed by atoms with van der Waals surface area (Å²) < 4.78 is 0. The number of rotatable bonds is 6. The lowest BCUT2D eigenvalue weighted by molar-refractivity contribution is -0.137. The molecule has 1 aliphatic heterocycles. The second-order valence-corrected chi connectivity index (χ2v) is 7.08. The first-order valence-electron chi connectivity index (χ1n) is 9.01. The Morgan fingerprint density at radius 1 is 1.15 bits per heavy atom. The maximum Gasteiger partial charge on any atom is 0.319 e. The zero-order valence-electron chi connectivity index (χ0n) is 15.3. The zero-order valence-corrected chi connectivity index (χ0v) is 15.3. The Balaban J connectivity index is 1.99. The Morgan fingerprint density at radius 2 is 1.81 bits per heavy atom. The van der Waals surface area contributed by atoms with Crippen molar-refractivity contribution in [3.8, 4) is 0 Å². The molecule has 0 saturated carbocycles. The fourth-order valence-corrected chi connectivity index (χ4v) is 3.39. The van der Waals surface area contributed by atoms with Gasteiger partial charge in [-0.15, -0.1) is 0 Å². The highest BCUT2D eigenvalue weighted by Gasteiger charge is 2.27. The molecule has 2 rings (SSSR count). The average molecular weight is 361 g/mol. The number of carbonyl (C=O) groups excluding carboxylic acids is 2. The number of nitrogens with one attached hydrogen (secondary N) is 2. The molecule has 142 valence electrons. The number of piperidine rings is 1. The van der Waals surface area contributed by atoms with Gasteiger partial charge in [0.2, 0.25) is 0 Å². The third-order valence-electron chi connectivity index (χ3n) is 4.41. The molecule has 1 aliphatic rings. The third-order valence-corrected chi connectivity index (χ3v) is 4.41. The molecular weight excluding hydrogens is 334 g/mol. The standard InChI is InChI=1S/C19H27N3O4/c1-13-10-14(2)12-22(11-13)18(25)15-6-3-4-7-16(15)21-19(26)20-9-5-8-17(23)24/h3-4,6-7,13-14H,5,8-12H2,1-2H3,(H,23,24)(H2,20,21,26). The van der Waals surface area contributed by atoms with E-state index >= 15 is 0 Å². The van der Waals surface area contributed by atoms with E-state index in [1.54, 1.807) is 24.3 Å². The summed E-state index contributed by atoms with van der Waals surface area (Å²) in [6.45, 7) is 5.99. The first-order valence-corrected chi connectivity index (χ1v) is 9.01. The van der Waals surface area contributed by atoms with Crippen molar-refractivity contribution in [1.29, 1.82) is 0 Å². The SMILES string of the molecule is CC1CC(C)CN(C(=O)c2ccccc2NC(=O)NCCCC(=O)O)C1. The van der Waals surface area contributed by atoms with Crippen LogP contribution in [-0.2, 0) is 4.79 Å². The fourth-order valence-electron chi connectivity index (χ4n) is 3.39. The number of carboxylic acid groups (broad SMARTS) is 1. The van der Waals surface area contributed by atoms with Crippen LogP contribution in [0.2, 0.25) is 0 Å². The monoisotopic (exact) mass is 361 g/mol. The van der Waals surface area contributed by atoms with Crippen molar-refractivity contribution in [2.45, 2.75) is 33.1 Å². The van der Waals surface area contributed by atoms with Crippen LogP contribution in [0.25, 0.3) is 0 Å². The van der Waals surface area contributed by atoms with E-state index in [2.05, 4.69) is 24.5 Å². The molecule has 0 bridgehead atoms.